The van der Waals surface area contributed by atoms with Gasteiger partial charge in [-0.2, -0.15) is 0 Å². The molecule has 2 rings (SSSR count). The lowest BCUT2D eigenvalue weighted by molar-refractivity contribution is 0.189. The van der Waals surface area contributed by atoms with Crippen LogP contribution >= 0.6 is 0 Å². The maximum Gasteiger partial charge on any atom is 0.0464 e. The first kappa shape index (κ1) is 12.6. The fraction of sp³-hybridized carbons (Fsp3) is 0.625. The van der Waals surface area contributed by atoms with E-state index in [1.54, 1.807) is 11.1 Å². The summed E-state index contributed by atoms with van der Waals surface area (Å²) >= 11 is 0. The maximum atomic E-state index is 9.40. The van der Waals surface area contributed by atoms with E-state index in [2.05, 4.69) is 32.0 Å². The third-order valence-electron chi connectivity index (χ3n) is 4.09. The van der Waals surface area contributed by atoms with E-state index < -0.39 is 0 Å². The van der Waals surface area contributed by atoms with Crippen LogP contribution in [-0.2, 0) is 19.3 Å². The van der Waals surface area contributed by atoms with Gasteiger partial charge in [0, 0.05) is 6.61 Å². The van der Waals surface area contributed by atoms with Gasteiger partial charge in [-0.25, -0.2) is 0 Å². The minimum Gasteiger partial charge on any atom is -0.396 e. The molecule has 0 radical (unpaired) electrons. The van der Waals surface area contributed by atoms with Crippen LogP contribution in [0.15, 0.2) is 18.2 Å². The molecule has 1 nitrogen and oxygen atoms in total. The highest BCUT2D eigenvalue weighted by Crippen LogP contribution is 2.24. The highest BCUT2D eigenvalue weighted by atomic mass is 16.3. The van der Waals surface area contributed by atoms with Gasteiger partial charge in [-0.05, 0) is 60.6 Å². The third kappa shape index (κ3) is 3.10. The van der Waals surface area contributed by atoms with E-state index in [0.29, 0.717) is 18.4 Å². The van der Waals surface area contributed by atoms with Gasteiger partial charge in [0.2, 0.25) is 0 Å². The minimum atomic E-state index is 0.300. The molecule has 0 amide bonds. The van der Waals surface area contributed by atoms with Crippen molar-refractivity contribution in [1.82, 2.24) is 0 Å². The number of rotatable bonds is 4. The summed E-state index contributed by atoms with van der Waals surface area (Å²) in [5.74, 6) is 0.952. The smallest absolute Gasteiger partial charge is 0.0464 e. The second kappa shape index (κ2) is 5.68. The van der Waals surface area contributed by atoms with Crippen LogP contribution < -0.4 is 0 Å². The molecule has 0 saturated heterocycles. The van der Waals surface area contributed by atoms with Gasteiger partial charge in [0.1, 0.15) is 0 Å². The lowest BCUT2D eigenvalue weighted by Gasteiger charge is -2.21. The maximum absolute atomic E-state index is 9.40. The van der Waals surface area contributed by atoms with Gasteiger partial charge in [0.05, 0.1) is 0 Å². The van der Waals surface area contributed by atoms with E-state index >= 15 is 0 Å². The molecule has 0 heterocycles. The molecule has 0 aliphatic heterocycles. The van der Waals surface area contributed by atoms with Gasteiger partial charge in [-0.3, -0.25) is 0 Å². The van der Waals surface area contributed by atoms with E-state index in [9.17, 15) is 5.11 Å². The Morgan fingerprint density at radius 2 is 1.82 bits per heavy atom. The van der Waals surface area contributed by atoms with Crippen LogP contribution in [0, 0.1) is 11.8 Å². The molecule has 0 aromatic heterocycles. The lowest BCUT2D eigenvalue weighted by atomic mass is 9.86. The zero-order chi connectivity index (χ0) is 12.3. The average Bonchev–Trinajstić information content (AvgIpc) is 2.35. The highest BCUT2D eigenvalue weighted by Gasteiger charge is 2.15. The van der Waals surface area contributed by atoms with Crippen LogP contribution in [0.5, 0.6) is 0 Å². The predicted octanol–water partition coefficient (Wildman–Crippen LogP) is 3.37. The molecule has 0 spiro atoms. The number of aliphatic hydroxyl groups excluding tert-OH is 1. The zero-order valence-corrected chi connectivity index (χ0v) is 11.1. The Morgan fingerprint density at radius 3 is 2.47 bits per heavy atom. The van der Waals surface area contributed by atoms with Crippen LogP contribution in [0.1, 0.15) is 43.4 Å². The number of aryl methyl sites for hydroxylation is 2. The van der Waals surface area contributed by atoms with E-state index in [-0.39, 0.29) is 0 Å². The largest absolute Gasteiger partial charge is 0.396 e. The molecule has 0 fully saturated rings. The second-order valence-electron chi connectivity index (χ2n) is 5.70. The fourth-order valence-corrected chi connectivity index (χ4v) is 2.73. The van der Waals surface area contributed by atoms with Crippen LogP contribution in [-0.4, -0.2) is 11.7 Å². The number of fused-ring (bicyclic) bond motifs is 1. The first-order valence-electron chi connectivity index (χ1n) is 6.92. The quantitative estimate of drug-likeness (QED) is 0.844. The molecule has 1 aromatic carbocycles. The summed E-state index contributed by atoms with van der Waals surface area (Å²) in [6, 6.07) is 6.94. The zero-order valence-electron chi connectivity index (χ0n) is 11.1. The first-order chi connectivity index (χ1) is 8.20. The molecule has 0 bridgehead atoms. The van der Waals surface area contributed by atoms with Crippen molar-refractivity contribution in [3.63, 3.8) is 0 Å². The van der Waals surface area contributed by atoms with Gasteiger partial charge in [0.25, 0.3) is 0 Å². The van der Waals surface area contributed by atoms with Crippen molar-refractivity contribution in [2.45, 2.75) is 46.0 Å². The fourth-order valence-electron chi connectivity index (χ4n) is 2.73. The van der Waals surface area contributed by atoms with Crippen molar-refractivity contribution < 1.29 is 5.11 Å². The molecule has 0 saturated carbocycles. The van der Waals surface area contributed by atoms with E-state index in [1.165, 1.54) is 31.2 Å². The molecular formula is C16H24O. The minimum absolute atomic E-state index is 0.300. The van der Waals surface area contributed by atoms with Gasteiger partial charge in [0.15, 0.2) is 0 Å². The Morgan fingerprint density at radius 1 is 1.12 bits per heavy atom. The molecule has 1 aliphatic rings. The molecule has 1 atom stereocenters. The Labute approximate surface area is 105 Å². The summed E-state index contributed by atoms with van der Waals surface area (Å²) in [5.41, 5.74) is 4.50. The summed E-state index contributed by atoms with van der Waals surface area (Å²) < 4.78 is 0. The Hall–Kier alpha value is -0.820. The summed E-state index contributed by atoms with van der Waals surface area (Å²) in [6.45, 7) is 4.69. The van der Waals surface area contributed by atoms with Crippen molar-refractivity contribution in [3.8, 4) is 0 Å². The molecule has 1 heteroatoms. The first-order valence-corrected chi connectivity index (χ1v) is 6.92. The Kier molecular flexibility index (Phi) is 4.22. The van der Waals surface area contributed by atoms with Crippen LogP contribution in [0.4, 0.5) is 0 Å². The van der Waals surface area contributed by atoms with Gasteiger partial charge < -0.3 is 5.11 Å². The van der Waals surface area contributed by atoms with Crippen molar-refractivity contribution in [3.05, 3.63) is 34.9 Å². The second-order valence-corrected chi connectivity index (χ2v) is 5.70. The molecule has 1 aliphatic carbocycles. The van der Waals surface area contributed by atoms with Crippen molar-refractivity contribution in [2.24, 2.45) is 11.8 Å². The third-order valence-corrected chi connectivity index (χ3v) is 4.09. The monoisotopic (exact) mass is 232 g/mol. The Balaban J connectivity index is 2.11. The number of benzene rings is 1. The summed E-state index contributed by atoms with van der Waals surface area (Å²) in [7, 11) is 0. The number of aliphatic hydroxyl groups is 1. The normalized spacial score (nSPS) is 16.9. The summed E-state index contributed by atoms with van der Waals surface area (Å²) in [4.78, 5) is 0. The Bertz CT molecular complexity index is 368. The lowest BCUT2D eigenvalue weighted by Crippen LogP contribution is -2.16. The molecule has 94 valence electrons. The standard InChI is InChI=1S/C16H24O/c1-12(2)16(11-17)10-13-7-8-14-5-3-4-6-15(14)9-13/h7-9,12,16-17H,3-6,10-11H2,1-2H3. The predicted molar refractivity (Wildman–Crippen MR) is 72.2 cm³/mol. The topological polar surface area (TPSA) is 20.2 Å². The molecule has 1 unspecified atom stereocenters. The van der Waals surface area contributed by atoms with Crippen LogP contribution in [0.25, 0.3) is 0 Å². The highest BCUT2D eigenvalue weighted by molar-refractivity contribution is 5.34. The van der Waals surface area contributed by atoms with Crippen molar-refractivity contribution in [1.29, 1.82) is 0 Å². The van der Waals surface area contributed by atoms with E-state index in [4.69, 9.17) is 0 Å². The van der Waals surface area contributed by atoms with Crippen molar-refractivity contribution >= 4 is 0 Å². The van der Waals surface area contributed by atoms with Crippen LogP contribution in [0.2, 0.25) is 0 Å². The van der Waals surface area contributed by atoms with Gasteiger partial charge in [-0.15, -0.1) is 0 Å². The average molecular weight is 232 g/mol. The van der Waals surface area contributed by atoms with Gasteiger partial charge >= 0.3 is 0 Å². The van der Waals surface area contributed by atoms with Gasteiger partial charge in [-0.1, -0.05) is 32.0 Å². The SMILES string of the molecule is CC(C)C(CO)Cc1ccc2c(c1)CCCC2. The molecule has 1 aromatic rings. The van der Waals surface area contributed by atoms with Crippen molar-refractivity contribution in [2.75, 3.05) is 6.61 Å². The molecular weight excluding hydrogens is 208 g/mol. The summed E-state index contributed by atoms with van der Waals surface area (Å²) in [6.07, 6.45) is 6.20. The molecule has 1 N–H and O–H groups in total. The van der Waals surface area contributed by atoms with E-state index in [0.717, 1.165) is 6.42 Å². The molecule has 17 heavy (non-hydrogen) atoms. The van der Waals surface area contributed by atoms with E-state index in [1.807, 2.05) is 0 Å². The van der Waals surface area contributed by atoms with Crippen LogP contribution in [0.3, 0.4) is 0 Å². The number of hydrogen-bond acceptors (Lipinski definition) is 1. The summed E-state index contributed by atoms with van der Waals surface area (Å²) in [5, 5.41) is 9.40. The number of hydrogen-bond donors (Lipinski definition) is 1.